The average Bonchev–Trinajstić information content (AvgIpc) is 3.05. The van der Waals surface area contributed by atoms with Crippen molar-refractivity contribution in [1.82, 2.24) is 4.31 Å². The van der Waals surface area contributed by atoms with Crippen LogP contribution >= 0.6 is 11.3 Å². The van der Waals surface area contributed by atoms with Gasteiger partial charge in [0.15, 0.2) is 0 Å². The summed E-state index contributed by atoms with van der Waals surface area (Å²) in [5.74, 6) is 0.189. The van der Waals surface area contributed by atoms with Gasteiger partial charge in [0, 0.05) is 20.0 Å². The Bertz CT molecular complexity index is 798. The summed E-state index contributed by atoms with van der Waals surface area (Å²) in [5, 5.41) is 1.72. The Hall–Kier alpha value is -1.70. The fraction of sp³-hybridized carbons (Fsp3) is 0.353. The summed E-state index contributed by atoms with van der Waals surface area (Å²) in [4.78, 5) is 11.9. The molecule has 24 heavy (non-hydrogen) atoms. The van der Waals surface area contributed by atoms with Gasteiger partial charge < -0.3 is 4.74 Å². The Kier molecular flexibility index (Phi) is 6.15. The third-order valence-electron chi connectivity index (χ3n) is 3.57. The van der Waals surface area contributed by atoms with E-state index in [1.807, 2.05) is 26.0 Å². The Balaban J connectivity index is 1.84. The SMILES string of the molecule is Cc1ccc(OC(=O)CCCN(C)S(=O)(=O)c2cccs2)c(C)c1. The summed E-state index contributed by atoms with van der Waals surface area (Å²) >= 11 is 1.18. The van der Waals surface area contributed by atoms with E-state index in [1.54, 1.807) is 23.6 Å². The van der Waals surface area contributed by atoms with Gasteiger partial charge in [-0.25, -0.2) is 12.7 Å². The van der Waals surface area contributed by atoms with Gasteiger partial charge in [0.2, 0.25) is 0 Å². The summed E-state index contributed by atoms with van der Waals surface area (Å²) in [5.41, 5.74) is 2.01. The highest BCUT2D eigenvalue weighted by Crippen LogP contribution is 2.21. The van der Waals surface area contributed by atoms with E-state index in [0.717, 1.165) is 11.1 Å². The molecule has 1 heterocycles. The second kappa shape index (κ2) is 7.92. The molecule has 0 saturated carbocycles. The maximum absolute atomic E-state index is 12.3. The monoisotopic (exact) mass is 367 g/mol. The predicted molar refractivity (Wildman–Crippen MR) is 94.9 cm³/mol. The number of carbonyl (C=O) groups excluding carboxylic acids is 1. The summed E-state index contributed by atoms with van der Waals surface area (Å²) in [7, 11) is -1.95. The van der Waals surface area contributed by atoms with Crippen LogP contribution in [0.1, 0.15) is 24.0 Å². The van der Waals surface area contributed by atoms with E-state index in [-0.39, 0.29) is 18.9 Å². The van der Waals surface area contributed by atoms with Gasteiger partial charge in [-0.2, -0.15) is 0 Å². The van der Waals surface area contributed by atoms with Gasteiger partial charge in [-0.1, -0.05) is 23.8 Å². The summed E-state index contributed by atoms with van der Waals surface area (Å²) in [6.45, 7) is 4.13. The summed E-state index contributed by atoms with van der Waals surface area (Å²) < 4.78 is 31.4. The molecular weight excluding hydrogens is 346 g/mol. The van der Waals surface area contributed by atoms with E-state index in [9.17, 15) is 13.2 Å². The Morgan fingerprint density at radius 2 is 2.00 bits per heavy atom. The first-order valence-electron chi connectivity index (χ1n) is 7.58. The van der Waals surface area contributed by atoms with Crippen LogP contribution in [-0.4, -0.2) is 32.3 Å². The van der Waals surface area contributed by atoms with Crippen LogP contribution in [0.3, 0.4) is 0 Å². The number of carbonyl (C=O) groups is 1. The number of rotatable bonds is 7. The standard InChI is InChI=1S/C17H21NO4S2/c1-13-8-9-15(14(2)12-13)22-16(19)6-4-10-18(3)24(20,21)17-7-5-11-23-17/h5,7-9,11-12H,4,6,10H2,1-3H3. The highest BCUT2D eigenvalue weighted by molar-refractivity contribution is 7.91. The smallest absolute Gasteiger partial charge is 0.311 e. The first kappa shape index (κ1) is 18.6. The Morgan fingerprint density at radius 1 is 1.25 bits per heavy atom. The molecule has 0 atom stereocenters. The van der Waals surface area contributed by atoms with E-state index in [1.165, 1.54) is 22.7 Å². The molecule has 0 bridgehead atoms. The third kappa shape index (κ3) is 4.66. The molecule has 0 aliphatic rings. The fourth-order valence-corrected chi connectivity index (χ4v) is 4.63. The molecule has 1 aromatic carbocycles. The first-order chi connectivity index (χ1) is 11.3. The lowest BCUT2D eigenvalue weighted by atomic mass is 10.1. The number of benzene rings is 1. The number of hydrogen-bond acceptors (Lipinski definition) is 5. The zero-order chi connectivity index (χ0) is 17.7. The summed E-state index contributed by atoms with van der Waals surface area (Å²) in [6.07, 6.45) is 0.572. The maximum atomic E-state index is 12.3. The molecule has 0 saturated heterocycles. The van der Waals surface area contributed by atoms with E-state index in [2.05, 4.69) is 0 Å². The summed E-state index contributed by atoms with van der Waals surface area (Å²) in [6, 6.07) is 8.88. The molecule has 7 heteroatoms. The Labute approximate surface area is 146 Å². The second-order valence-electron chi connectivity index (χ2n) is 5.61. The minimum atomic E-state index is -3.46. The second-order valence-corrected chi connectivity index (χ2v) is 8.82. The zero-order valence-electron chi connectivity index (χ0n) is 14.0. The van der Waals surface area contributed by atoms with Crippen LogP contribution in [0, 0.1) is 13.8 Å². The molecule has 130 valence electrons. The number of nitrogens with zero attached hydrogens (tertiary/aromatic N) is 1. The molecule has 2 rings (SSSR count). The topological polar surface area (TPSA) is 63.7 Å². The van der Waals surface area contributed by atoms with Gasteiger partial charge in [-0.15, -0.1) is 11.3 Å². The highest BCUT2D eigenvalue weighted by Gasteiger charge is 2.21. The van der Waals surface area contributed by atoms with Crippen molar-refractivity contribution < 1.29 is 17.9 Å². The number of ether oxygens (including phenoxy) is 1. The van der Waals surface area contributed by atoms with Crippen molar-refractivity contribution in [2.24, 2.45) is 0 Å². The molecule has 0 fully saturated rings. The van der Waals surface area contributed by atoms with E-state index < -0.39 is 10.0 Å². The van der Waals surface area contributed by atoms with Crippen molar-refractivity contribution in [2.75, 3.05) is 13.6 Å². The largest absolute Gasteiger partial charge is 0.426 e. The lowest BCUT2D eigenvalue weighted by Crippen LogP contribution is -2.28. The number of hydrogen-bond donors (Lipinski definition) is 0. The van der Waals surface area contributed by atoms with Gasteiger partial charge in [-0.05, 0) is 43.3 Å². The van der Waals surface area contributed by atoms with E-state index in [4.69, 9.17) is 4.74 Å². The van der Waals surface area contributed by atoms with E-state index in [0.29, 0.717) is 16.4 Å². The molecule has 0 aliphatic heterocycles. The maximum Gasteiger partial charge on any atom is 0.311 e. The van der Waals surface area contributed by atoms with Crippen LogP contribution < -0.4 is 4.74 Å². The minimum Gasteiger partial charge on any atom is -0.426 e. The minimum absolute atomic E-state index is 0.164. The molecule has 0 aliphatic carbocycles. The van der Waals surface area contributed by atoms with Gasteiger partial charge >= 0.3 is 5.97 Å². The normalized spacial score (nSPS) is 11.7. The molecule has 0 spiro atoms. The lowest BCUT2D eigenvalue weighted by Gasteiger charge is -2.15. The van der Waals surface area contributed by atoms with Crippen molar-refractivity contribution in [3.8, 4) is 5.75 Å². The molecule has 1 aromatic heterocycles. The molecular formula is C17H21NO4S2. The quantitative estimate of drug-likeness (QED) is 0.556. The Morgan fingerprint density at radius 3 is 2.62 bits per heavy atom. The number of thiophene rings is 1. The van der Waals surface area contributed by atoms with Crippen LogP contribution in [0.15, 0.2) is 39.9 Å². The van der Waals surface area contributed by atoms with Gasteiger partial charge in [0.25, 0.3) is 10.0 Å². The van der Waals surface area contributed by atoms with Crippen LogP contribution in [0.2, 0.25) is 0 Å². The van der Waals surface area contributed by atoms with Crippen molar-refractivity contribution in [2.45, 2.75) is 30.9 Å². The number of esters is 1. The van der Waals surface area contributed by atoms with Crippen LogP contribution in [0.5, 0.6) is 5.75 Å². The third-order valence-corrected chi connectivity index (χ3v) is 6.80. The van der Waals surface area contributed by atoms with Gasteiger partial charge in [0.05, 0.1) is 0 Å². The molecule has 5 nitrogen and oxygen atoms in total. The van der Waals surface area contributed by atoms with Crippen LogP contribution in [0.4, 0.5) is 0 Å². The lowest BCUT2D eigenvalue weighted by molar-refractivity contribution is -0.134. The van der Waals surface area contributed by atoms with Gasteiger partial charge in [-0.3, -0.25) is 4.79 Å². The predicted octanol–water partition coefficient (Wildman–Crippen LogP) is 3.37. The van der Waals surface area contributed by atoms with E-state index >= 15 is 0 Å². The molecule has 0 amide bonds. The molecule has 0 radical (unpaired) electrons. The molecule has 2 aromatic rings. The first-order valence-corrected chi connectivity index (χ1v) is 9.90. The van der Waals surface area contributed by atoms with Crippen LogP contribution in [0.25, 0.3) is 0 Å². The van der Waals surface area contributed by atoms with Crippen molar-refractivity contribution >= 4 is 27.3 Å². The highest BCUT2D eigenvalue weighted by atomic mass is 32.2. The molecule has 0 unspecified atom stereocenters. The molecule has 0 N–H and O–H groups in total. The van der Waals surface area contributed by atoms with Crippen molar-refractivity contribution in [3.63, 3.8) is 0 Å². The fourth-order valence-electron chi connectivity index (χ4n) is 2.22. The zero-order valence-corrected chi connectivity index (χ0v) is 15.6. The van der Waals surface area contributed by atoms with Crippen molar-refractivity contribution in [1.29, 1.82) is 0 Å². The average molecular weight is 367 g/mol. The number of sulfonamides is 1. The van der Waals surface area contributed by atoms with Crippen molar-refractivity contribution in [3.05, 3.63) is 46.8 Å². The van der Waals surface area contributed by atoms with Crippen LogP contribution in [-0.2, 0) is 14.8 Å². The number of aryl methyl sites for hydroxylation is 2. The van der Waals surface area contributed by atoms with Gasteiger partial charge in [0.1, 0.15) is 9.96 Å².